The Morgan fingerprint density at radius 2 is 1.81 bits per heavy atom. The third-order valence-electron chi connectivity index (χ3n) is 5.34. The van der Waals surface area contributed by atoms with Crippen LogP contribution in [0.15, 0.2) is 0 Å². The smallest absolute Gasteiger partial charge is 0.310 e. The van der Waals surface area contributed by atoms with E-state index in [2.05, 4.69) is 6.92 Å². The first-order valence-electron chi connectivity index (χ1n) is 8.51. The van der Waals surface area contributed by atoms with Crippen LogP contribution in [0, 0.1) is 23.7 Å². The topological polar surface area (TPSA) is 63.6 Å². The van der Waals surface area contributed by atoms with Crippen molar-refractivity contribution in [3.63, 3.8) is 0 Å². The first-order chi connectivity index (χ1) is 10.1. The lowest BCUT2D eigenvalue weighted by Gasteiger charge is -2.28. The fraction of sp³-hybridized carbons (Fsp3) is 0.882. The summed E-state index contributed by atoms with van der Waals surface area (Å²) >= 11 is 0. The molecule has 2 aliphatic rings. The highest BCUT2D eigenvalue weighted by molar-refractivity contribution is 5.82. The van der Waals surface area contributed by atoms with Gasteiger partial charge in [-0.1, -0.05) is 26.7 Å². The molecule has 120 valence electrons. The highest BCUT2D eigenvalue weighted by Crippen LogP contribution is 2.52. The van der Waals surface area contributed by atoms with Crippen LogP contribution in [-0.4, -0.2) is 23.1 Å². The molecule has 4 heteroatoms. The summed E-state index contributed by atoms with van der Waals surface area (Å²) in [5.74, 6) is -1.56. The van der Waals surface area contributed by atoms with Gasteiger partial charge in [-0.25, -0.2) is 0 Å². The molecule has 0 amide bonds. The standard InChI is InChI=1S/C17H28O4/c1-3-5-6-7-13(4-2)21-17(20)15-12-9-8-11(10-12)14(15)16(18)19/h11-15H,3-10H2,1-2H3,(H,18,19). The molecule has 1 N–H and O–H groups in total. The van der Waals surface area contributed by atoms with Crippen molar-refractivity contribution in [3.05, 3.63) is 0 Å². The number of aliphatic carboxylic acids is 1. The van der Waals surface area contributed by atoms with Crippen LogP contribution in [0.2, 0.25) is 0 Å². The maximum Gasteiger partial charge on any atom is 0.310 e. The van der Waals surface area contributed by atoms with Gasteiger partial charge in [0.15, 0.2) is 0 Å². The average molecular weight is 296 g/mol. The van der Waals surface area contributed by atoms with E-state index in [4.69, 9.17) is 4.74 Å². The molecule has 0 spiro atoms. The third kappa shape index (κ3) is 3.58. The van der Waals surface area contributed by atoms with E-state index in [1.807, 2.05) is 6.92 Å². The summed E-state index contributed by atoms with van der Waals surface area (Å²) in [6, 6.07) is 0. The van der Waals surface area contributed by atoms with Crippen LogP contribution in [0.3, 0.4) is 0 Å². The van der Waals surface area contributed by atoms with Gasteiger partial charge in [-0.05, 0) is 50.4 Å². The van der Waals surface area contributed by atoms with Gasteiger partial charge in [0.2, 0.25) is 0 Å². The SMILES string of the molecule is CCCCCC(CC)OC(=O)C1C2CCC(C2)C1C(=O)O. The van der Waals surface area contributed by atoms with E-state index in [1.54, 1.807) is 0 Å². The third-order valence-corrected chi connectivity index (χ3v) is 5.34. The number of carboxylic acids is 1. The molecule has 5 unspecified atom stereocenters. The zero-order chi connectivity index (χ0) is 15.4. The molecule has 2 saturated carbocycles. The Morgan fingerprint density at radius 3 is 2.38 bits per heavy atom. The largest absolute Gasteiger partial charge is 0.481 e. The van der Waals surface area contributed by atoms with E-state index >= 15 is 0 Å². The van der Waals surface area contributed by atoms with Crippen LogP contribution < -0.4 is 0 Å². The zero-order valence-electron chi connectivity index (χ0n) is 13.2. The number of rotatable bonds is 8. The summed E-state index contributed by atoms with van der Waals surface area (Å²) in [5, 5.41) is 9.41. The monoisotopic (exact) mass is 296 g/mol. The molecule has 0 aromatic rings. The summed E-state index contributed by atoms with van der Waals surface area (Å²) in [4.78, 5) is 23.9. The number of fused-ring (bicyclic) bond motifs is 2. The van der Waals surface area contributed by atoms with Crippen molar-refractivity contribution in [1.82, 2.24) is 0 Å². The number of carboxylic acid groups (broad SMARTS) is 1. The van der Waals surface area contributed by atoms with Crippen molar-refractivity contribution in [3.8, 4) is 0 Å². The Hall–Kier alpha value is -1.06. The summed E-state index contributed by atoms with van der Waals surface area (Å²) < 4.78 is 5.66. The minimum absolute atomic E-state index is 0.0439. The van der Waals surface area contributed by atoms with Gasteiger partial charge < -0.3 is 9.84 Å². The lowest BCUT2D eigenvalue weighted by Crippen LogP contribution is -2.37. The van der Waals surface area contributed by atoms with Crippen LogP contribution in [0.5, 0.6) is 0 Å². The Morgan fingerprint density at radius 1 is 1.14 bits per heavy atom. The van der Waals surface area contributed by atoms with E-state index in [0.29, 0.717) is 0 Å². The zero-order valence-corrected chi connectivity index (χ0v) is 13.2. The van der Waals surface area contributed by atoms with E-state index in [-0.39, 0.29) is 23.9 Å². The molecule has 0 aromatic heterocycles. The highest BCUT2D eigenvalue weighted by atomic mass is 16.5. The van der Waals surface area contributed by atoms with Crippen LogP contribution in [-0.2, 0) is 14.3 Å². The van der Waals surface area contributed by atoms with E-state index < -0.39 is 17.8 Å². The molecule has 4 nitrogen and oxygen atoms in total. The number of esters is 1. The Labute approximate surface area is 127 Å². The van der Waals surface area contributed by atoms with Crippen molar-refractivity contribution >= 4 is 11.9 Å². The molecule has 0 saturated heterocycles. The average Bonchev–Trinajstić information content (AvgIpc) is 3.06. The maximum absolute atomic E-state index is 12.5. The molecular formula is C17H28O4. The van der Waals surface area contributed by atoms with Gasteiger partial charge in [0, 0.05) is 0 Å². The van der Waals surface area contributed by atoms with Gasteiger partial charge in [-0.2, -0.15) is 0 Å². The van der Waals surface area contributed by atoms with E-state index in [0.717, 1.165) is 51.4 Å². The lowest BCUT2D eigenvalue weighted by atomic mass is 9.79. The van der Waals surface area contributed by atoms with Crippen molar-refractivity contribution in [2.24, 2.45) is 23.7 Å². The fourth-order valence-electron chi connectivity index (χ4n) is 4.20. The Kier molecular flexibility index (Phi) is 5.65. The molecule has 5 atom stereocenters. The summed E-state index contributed by atoms with van der Waals surface area (Å²) in [7, 11) is 0. The Balaban J connectivity index is 1.93. The predicted molar refractivity (Wildman–Crippen MR) is 79.8 cm³/mol. The van der Waals surface area contributed by atoms with Crippen LogP contribution in [0.4, 0.5) is 0 Å². The van der Waals surface area contributed by atoms with Crippen molar-refractivity contribution in [2.75, 3.05) is 0 Å². The number of hydrogen-bond acceptors (Lipinski definition) is 3. The van der Waals surface area contributed by atoms with E-state index in [9.17, 15) is 14.7 Å². The molecule has 21 heavy (non-hydrogen) atoms. The van der Waals surface area contributed by atoms with Crippen LogP contribution in [0.1, 0.15) is 65.2 Å². The molecule has 0 aromatic carbocycles. The second-order valence-corrected chi connectivity index (χ2v) is 6.69. The van der Waals surface area contributed by atoms with Crippen molar-refractivity contribution in [1.29, 1.82) is 0 Å². The molecule has 2 fully saturated rings. The van der Waals surface area contributed by atoms with Gasteiger partial charge in [-0.15, -0.1) is 0 Å². The quantitative estimate of drug-likeness (QED) is 0.548. The number of hydrogen-bond donors (Lipinski definition) is 1. The van der Waals surface area contributed by atoms with Gasteiger partial charge >= 0.3 is 11.9 Å². The first-order valence-corrected chi connectivity index (χ1v) is 8.51. The molecule has 0 radical (unpaired) electrons. The number of unbranched alkanes of at least 4 members (excludes halogenated alkanes) is 2. The molecule has 2 bridgehead atoms. The summed E-state index contributed by atoms with van der Waals surface area (Å²) in [6.07, 6.45) is 7.88. The first kappa shape index (κ1) is 16.3. The Bertz CT molecular complexity index is 379. The number of ether oxygens (including phenoxy) is 1. The van der Waals surface area contributed by atoms with Gasteiger partial charge in [0.05, 0.1) is 11.8 Å². The van der Waals surface area contributed by atoms with Gasteiger partial charge in [0.25, 0.3) is 0 Å². The summed E-state index contributed by atoms with van der Waals surface area (Å²) in [6.45, 7) is 4.18. The van der Waals surface area contributed by atoms with Crippen LogP contribution >= 0.6 is 0 Å². The second-order valence-electron chi connectivity index (χ2n) is 6.69. The highest BCUT2D eigenvalue weighted by Gasteiger charge is 2.54. The maximum atomic E-state index is 12.5. The molecular weight excluding hydrogens is 268 g/mol. The molecule has 2 rings (SSSR count). The minimum atomic E-state index is -0.816. The molecule has 0 aliphatic heterocycles. The fourth-order valence-corrected chi connectivity index (χ4v) is 4.20. The van der Waals surface area contributed by atoms with Crippen LogP contribution in [0.25, 0.3) is 0 Å². The lowest BCUT2D eigenvalue weighted by molar-refractivity contribution is -0.164. The number of carbonyl (C=O) groups excluding carboxylic acids is 1. The summed E-state index contributed by atoms with van der Waals surface area (Å²) in [5.41, 5.74) is 0. The molecule has 0 heterocycles. The van der Waals surface area contributed by atoms with E-state index in [1.165, 1.54) is 0 Å². The molecule has 2 aliphatic carbocycles. The second kappa shape index (κ2) is 7.28. The van der Waals surface area contributed by atoms with Crippen molar-refractivity contribution < 1.29 is 19.4 Å². The van der Waals surface area contributed by atoms with Crippen molar-refractivity contribution in [2.45, 2.75) is 71.3 Å². The van der Waals surface area contributed by atoms with Gasteiger partial charge in [0.1, 0.15) is 6.10 Å². The van der Waals surface area contributed by atoms with Gasteiger partial charge in [-0.3, -0.25) is 9.59 Å². The normalized spacial score (nSPS) is 32.1. The predicted octanol–water partition coefficient (Wildman–Crippen LogP) is 3.64. The number of carbonyl (C=O) groups is 2. The minimum Gasteiger partial charge on any atom is -0.481 e.